The van der Waals surface area contributed by atoms with Crippen LogP contribution in [0.25, 0.3) is 27.8 Å². The summed E-state index contributed by atoms with van der Waals surface area (Å²) in [4.78, 5) is 5.34. The SMILES string of the molecule is Cn1cc(-c2ccc3nnc(Sc4ccc5ncc(N)cc5c4)n3n2)cn1. The maximum absolute atomic E-state index is 5.85. The number of aromatic nitrogens is 7. The van der Waals surface area contributed by atoms with Crippen molar-refractivity contribution in [3.05, 3.63) is 55.0 Å². The molecule has 27 heavy (non-hydrogen) atoms. The molecule has 4 heterocycles. The maximum Gasteiger partial charge on any atom is 0.217 e. The van der Waals surface area contributed by atoms with Crippen LogP contribution in [-0.2, 0) is 7.05 Å². The van der Waals surface area contributed by atoms with Crippen LogP contribution in [0.5, 0.6) is 0 Å². The van der Waals surface area contributed by atoms with Crippen molar-refractivity contribution in [3.8, 4) is 11.3 Å². The molecule has 1 aromatic carbocycles. The molecule has 8 nitrogen and oxygen atoms in total. The van der Waals surface area contributed by atoms with E-state index in [1.165, 1.54) is 11.8 Å². The molecule has 0 amide bonds. The molecule has 0 fully saturated rings. The van der Waals surface area contributed by atoms with E-state index >= 15 is 0 Å². The maximum atomic E-state index is 5.85. The molecule has 132 valence electrons. The molecule has 2 N–H and O–H groups in total. The monoisotopic (exact) mass is 374 g/mol. The van der Waals surface area contributed by atoms with Gasteiger partial charge in [-0.2, -0.15) is 14.7 Å². The molecule has 0 spiro atoms. The molecule has 0 saturated heterocycles. The molecular weight excluding hydrogens is 360 g/mol. The van der Waals surface area contributed by atoms with E-state index in [0.29, 0.717) is 16.5 Å². The van der Waals surface area contributed by atoms with E-state index < -0.39 is 0 Å². The van der Waals surface area contributed by atoms with E-state index in [4.69, 9.17) is 5.73 Å². The van der Waals surface area contributed by atoms with Crippen molar-refractivity contribution in [2.75, 3.05) is 5.73 Å². The number of nitrogen functional groups attached to an aromatic ring is 1. The van der Waals surface area contributed by atoms with Crippen LogP contribution >= 0.6 is 11.8 Å². The molecule has 0 atom stereocenters. The van der Waals surface area contributed by atoms with Gasteiger partial charge in [0.15, 0.2) is 5.65 Å². The number of nitrogens with zero attached hydrogens (tertiary/aromatic N) is 7. The van der Waals surface area contributed by atoms with Crippen molar-refractivity contribution < 1.29 is 0 Å². The Hall–Kier alpha value is -3.46. The fourth-order valence-corrected chi connectivity index (χ4v) is 3.67. The quantitative estimate of drug-likeness (QED) is 0.518. The number of hydrogen-bond donors (Lipinski definition) is 1. The highest BCUT2D eigenvalue weighted by atomic mass is 32.2. The zero-order valence-electron chi connectivity index (χ0n) is 14.3. The molecule has 9 heteroatoms. The van der Waals surface area contributed by atoms with Crippen molar-refractivity contribution in [1.82, 2.24) is 34.6 Å². The lowest BCUT2D eigenvalue weighted by molar-refractivity contribution is 0.767. The van der Waals surface area contributed by atoms with Crippen LogP contribution in [0.4, 0.5) is 5.69 Å². The van der Waals surface area contributed by atoms with Gasteiger partial charge >= 0.3 is 0 Å². The van der Waals surface area contributed by atoms with Crippen LogP contribution in [0, 0.1) is 0 Å². The minimum atomic E-state index is 0.639. The van der Waals surface area contributed by atoms with E-state index in [0.717, 1.165) is 27.1 Å². The number of rotatable bonds is 3. The lowest BCUT2D eigenvalue weighted by Gasteiger charge is -2.04. The van der Waals surface area contributed by atoms with Crippen molar-refractivity contribution in [1.29, 1.82) is 0 Å². The molecule has 0 aliphatic rings. The summed E-state index contributed by atoms with van der Waals surface area (Å²) in [5, 5.41) is 19.0. The summed E-state index contributed by atoms with van der Waals surface area (Å²) in [6, 6.07) is 11.7. The summed E-state index contributed by atoms with van der Waals surface area (Å²) in [5.74, 6) is 0. The summed E-state index contributed by atoms with van der Waals surface area (Å²) in [5.41, 5.74) is 9.83. The zero-order chi connectivity index (χ0) is 18.4. The van der Waals surface area contributed by atoms with E-state index in [1.54, 1.807) is 21.6 Å². The third-order valence-electron chi connectivity index (χ3n) is 4.12. The first-order valence-electron chi connectivity index (χ1n) is 8.20. The van der Waals surface area contributed by atoms with Gasteiger partial charge in [-0.3, -0.25) is 9.67 Å². The van der Waals surface area contributed by atoms with Gasteiger partial charge in [-0.05, 0) is 48.2 Å². The van der Waals surface area contributed by atoms with Gasteiger partial charge < -0.3 is 5.73 Å². The van der Waals surface area contributed by atoms with Gasteiger partial charge in [-0.25, -0.2) is 0 Å². The number of anilines is 1. The summed E-state index contributed by atoms with van der Waals surface area (Å²) < 4.78 is 3.49. The van der Waals surface area contributed by atoms with E-state index in [1.807, 2.05) is 49.6 Å². The molecule has 0 bridgehead atoms. The van der Waals surface area contributed by atoms with Crippen LogP contribution in [0.3, 0.4) is 0 Å². The minimum absolute atomic E-state index is 0.639. The number of aryl methyl sites for hydroxylation is 1. The Bertz CT molecular complexity index is 1290. The lowest BCUT2D eigenvalue weighted by atomic mass is 10.2. The Morgan fingerprint density at radius 3 is 2.81 bits per heavy atom. The number of nitrogens with two attached hydrogens (primary N) is 1. The first kappa shape index (κ1) is 15.8. The average Bonchev–Trinajstić information content (AvgIpc) is 3.27. The van der Waals surface area contributed by atoms with Crippen molar-refractivity contribution in [2.45, 2.75) is 10.1 Å². The van der Waals surface area contributed by atoms with E-state index in [-0.39, 0.29) is 0 Å². The van der Waals surface area contributed by atoms with Crippen molar-refractivity contribution >= 4 is 34.0 Å². The Morgan fingerprint density at radius 2 is 1.96 bits per heavy atom. The van der Waals surface area contributed by atoms with Crippen LogP contribution in [0.15, 0.2) is 65.0 Å². The normalized spacial score (nSPS) is 11.4. The Kier molecular flexibility index (Phi) is 3.54. The van der Waals surface area contributed by atoms with Gasteiger partial charge in [0.05, 0.1) is 29.3 Å². The summed E-state index contributed by atoms with van der Waals surface area (Å²) >= 11 is 1.49. The first-order chi connectivity index (χ1) is 13.2. The van der Waals surface area contributed by atoms with Gasteiger partial charge in [-0.1, -0.05) is 0 Å². The number of benzene rings is 1. The molecule has 0 radical (unpaired) electrons. The smallest absolute Gasteiger partial charge is 0.217 e. The summed E-state index contributed by atoms with van der Waals surface area (Å²) in [7, 11) is 1.88. The predicted octanol–water partition coefficient (Wildman–Crippen LogP) is 2.81. The van der Waals surface area contributed by atoms with E-state index in [9.17, 15) is 0 Å². The third-order valence-corrected chi connectivity index (χ3v) is 5.04. The highest BCUT2D eigenvalue weighted by molar-refractivity contribution is 7.99. The van der Waals surface area contributed by atoms with Crippen molar-refractivity contribution in [2.24, 2.45) is 7.05 Å². The summed E-state index contributed by atoms with van der Waals surface area (Å²) in [6.07, 6.45) is 5.36. The Balaban J connectivity index is 1.55. The molecule has 4 aromatic heterocycles. The fourth-order valence-electron chi connectivity index (χ4n) is 2.84. The zero-order valence-corrected chi connectivity index (χ0v) is 15.1. The highest BCUT2D eigenvalue weighted by Gasteiger charge is 2.11. The molecule has 5 aromatic rings. The standard InChI is InChI=1S/C18H14N8S/c1-25-10-12(8-21-25)16-4-5-17-22-23-18(26(17)24-16)27-14-2-3-15-11(7-14)6-13(19)9-20-15/h2-10H,19H2,1H3. The van der Waals surface area contributed by atoms with Crippen LogP contribution in [-0.4, -0.2) is 34.6 Å². The van der Waals surface area contributed by atoms with Gasteiger partial charge in [0.25, 0.3) is 0 Å². The lowest BCUT2D eigenvalue weighted by Crippen LogP contribution is -1.96. The number of fused-ring (bicyclic) bond motifs is 2. The van der Waals surface area contributed by atoms with Gasteiger partial charge in [0.2, 0.25) is 5.16 Å². The third kappa shape index (κ3) is 2.87. The topological polar surface area (TPSA) is 99.8 Å². The first-order valence-corrected chi connectivity index (χ1v) is 9.02. The minimum Gasteiger partial charge on any atom is -0.397 e. The molecule has 0 aliphatic heterocycles. The number of pyridine rings is 1. The molecule has 0 unspecified atom stereocenters. The fraction of sp³-hybridized carbons (Fsp3) is 0.0556. The molecule has 0 aliphatic carbocycles. The summed E-state index contributed by atoms with van der Waals surface area (Å²) in [6.45, 7) is 0. The van der Waals surface area contributed by atoms with Crippen LogP contribution in [0.2, 0.25) is 0 Å². The Morgan fingerprint density at radius 1 is 1.04 bits per heavy atom. The van der Waals surface area contributed by atoms with Crippen molar-refractivity contribution in [3.63, 3.8) is 0 Å². The highest BCUT2D eigenvalue weighted by Crippen LogP contribution is 2.29. The predicted molar refractivity (Wildman–Crippen MR) is 103 cm³/mol. The Labute approximate surface area is 158 Å². The van der Waals surface area contributed by atoms with Gasteiger partial charge in [0.1, 0.15) is 0 Å². The average molecular weight is 374 g/mol. The van der Waals surface area contributed by atoms with Crippen LogP contribution in [0.1, 0.15) is 0 Å². The molecule has 5 rings (SSSR count). The van der Waals surface area contributed by atoms with Gasteiger partial charge in [0, 0.05) is 29.1 Å². The second-order valence-electron chi connectivity index (χ2n) is 6.10. The molecular formula is C18H14N8S. The molecule has 0 saturated carbocycles. The van der Waals surface area contributed by atoms with Gasteiger partial charge in [-0.15, -0.1) is 10.2 Å². The second-order valence-corrected chi connectivity index (χ2v) is 7.14. The number of hydrogen-bond acceptors (Lipinski definition) is 7. The van der Waals surface area contributed by atoms with Crippen LogP contribution < -0.4 is 5.73 Å². The largest absolute Gasteiger partial charge is 0.397 e. The van der Waals surface area contributed by atoms with E-state index in [2.05, 4.69) is 25.4 Å². The second kappa shape index (κ2) is 6.06.